The van der Waals surface area contributed by atoms with Gasteiger partial charge in [-0.3, -0.25) is 4.79 Å². The first-order valence-corrected chi connectivity index (χ1v) is 9.79. The standard InChI is InChI=1S/C22H20F4N4O/c23-16-3-1-13(8-18(16)25)7-15(27)10-22(31)30-6-5-29-11-20(28-21(29)12-30)14-2-4-17(24)19(26)9-14/h1-4,8-9,11,15H,5-7,10,12,27H2/t15-/m1/s1. The molecule has 0 aliphatic carbocycles. The molecule has 1 amide bonds. The summed E-state index contributed by atoms with van der Waals surface area (Å²) in [5.74, 6) is -3.29. The van der Waals surface area contributed by atoms with Crippen LogP contribution < -0.4 is 5.73 Å². The molecule has 1 aliphatic heterocycles. The normalized spacial score (nSPS) is 14.4. The summed E-state index contributed by atoms with van der Waals surface area (Å²) in [6.07, 6.45) is 2.04. The molecule has 4 rings (SSSR count). The van der Waals surface area contributed by atoms with Crippen LogP contribution in [-0.2, 0) is 24.3 Å². The Morgan fingerprint density at radius 3 is 2.42 bits per heavy atom. The quantitative estimate of drug-likeness (QED) is 0.629. The van der Waals surface area contributed by atoms with E-state index >= 15 is 0 Å². The first-order valence-electron chi connectivity index (χ1n) is 9.79. The van der Waals surface area contributed by atoms with Crippen molar-refractivity contribution in [2.24, 2.45) is 5.73 Å². The Balaban J connectivity index is 1.39. The van der Waals surface area contributed by atoms with Crippen LogP contribution in [0.15, 0.2) is 42.6 Å². The Bertz CT molecular complexity index is 1130. The van der Waals surface area contributed by atoms with Crippen LogP contribution in [-0.4, -0.2) is 32.9 Å². The summed E-state index contributed by atoms with van der Waals surface area (Å²) in [4.78, 5) is 18.8. The van der Waals surface area contributed by atoms with Gasteiger partial charge in [-0.05, 0) is 42.3 Å². The molecule has 3 aromatic rings. The van der Waals surface area contributed by atoms with Crippen LogP contribution >= 0.6 is 0 Å². The fourth-order valence-electron chi connectivity index (χ4n) is 3.65. The molecule has 0 saturated carbocycles. The Hall–Kier alpha value is -3.20. The predicted octanol–water partition coefficient (Wildman–Crippen LogP) is 3.41. The molecule has 0 bridgehead atoms. The van der Waals surface area contributed by atoms with E-state index < -0.39 is 29.3 Å². The molecular formula is C22H20F4N4O. The number of nitrogens with two attached hydrogens (primary N) is 1. The third-order valence-electron chi connectivity index (χ3n) is 5.29. The smallest absolute Gasteiger partial charge is 0.224 e. The maximum absolute atomic E-state index is 13.5. The lowest BCUT2D eigenvalue weighted by molar-refractivity contribution is -0.133. The lowest BCUT2D eigenvalue weighted by Crippen LogP contribution is -2.41. The van der Waals surface area contributed by atoms with Gasteiger partial charge in [-0.1, -0.05) is 6.07 Å². The van der Waals surface area contributed by atoms with Gasteiger partial charge in [0.05, 0.1) is 12.2 Å². The summed E-state index contributed by atoms with van der Waals surface area (Å²) < 4.78 is 55.0. The molecule has 5 nitrogen and oxygen atoms in total. The second-order valence-corrected chi connectivity index (χ2v) is 7.60. The zero-order chi connectivity index (χ0) is 22.1. The number of imidazole rings is 1. The van der Waals surface area contributed by atoms with Crippen LogP contribution in [0.25, 0.3) is 11.3 Å². The van der Waals surface area contributed by atoms with Crippen LogP contribution in [0.1, 0.15) is 17.8 Å². The summed E-state index contributed by atoms with van der Waals surface area (Å²) in [5.41, 5.74) is 7.52. The van der Waals surface area contributed by atoms with Crippen LogP contribution in [0.3, 0.4) is 0 Å². The van der Waals surface area contributed by atoms with E-state index in [1.165, 1.54) is 12.1 Å². The zero-order valence-electron chi connectivity index (χ0n) is 16.5. The topological polar surface area (TPSA) is 64.2 Å². The minimum absolute atomic E-state index is 0.0513. The Labute approximate surface area is 176 Å². The largest absolute Gasteiger partial charge is 0.333 e. The number of hydrogen-bond donors (Lipinski definition) is 1. The summed E-state index contributed by atoms with van der Waals surface area (Å²) in [6.45, 7) is 1.23. The molecule has 2 heterocycles. The van der Waals surface area contributed by atoms with Gasteiger partial charge >= 0.3 is 0 Å². The van der Waals surface area contributed by atoms with Crippen molar-refractivity contribution in [1.82, 2.24) is 14.5 Å². The van der Waals surface area contributed by atoms with E-state index in [-0.39, 0.29) is 25.3 Å². The molecule has 0 spiro atoms. The van der Waals surface area contributed by atoms with E-state index in [2.05, 4.69) is 4.98 Å². The van der Waals surface area contributed by atoms with Crippen molar-refractivity contribution in [3.8, 4) is 11.3 Å². The van der Waals surface area contributed by atoms with Crippen LogP contribution in [0.4, 0.5) is 17.6 Å². The van der Waals surface area contributed by atoms with E-state index in [1.807, 2.05) is 4.57 Å². The van der Waals surface area contributed by atoms with Crippen molar-refractivity contribution >= 4 is 5.91 Å². The third kappa shape index (κ3) is 4.61. The van der Waals surface area contributed by atoms with Gasteiger partial charge in [0.15, 0.2) is 23.3 Å². The van der Waals surface area contributed by atoms with Crippen LogP contribution in [0.2, 0.25) is 0 Å². The summed E-state index contributed by atoms with van der Waals surface area (Å²) >= 11 is 0. The lowest BCUT2D eigenvalue weighted by Gasteiger charge is -2.28. The summed E-state index contributed by atoms with van der Waals surface area (Å²) in [6, 6.07) is 6.60. The molecule has 0 fully saturated rings. The zero-order valence-corrected chi connectivity index (χ0v) is 16.5. The number of nitrogens with zero attached hydrogens (tertiary/aromatic N) is 3. The molecule has 2 aromatic carbocycles. The molecule has 0 saturated heterocycles. The van der Waals surface area contributed by atoms with E-state index in [4.69, 9.17) is 5.73 Å². The minimum atomic E-state index is -0.949. The van der Waals surface area contributed by atoms with Crippen LogP contribution in [0.5, 0.6) is 0 Å². The van der Waals surface area contributed by atoms with E-state index in [0.717, 1.165) is 24.3 Å². The fraction of sp³-hybridized carbons (Fsp3) is 0.273. The molecule has 162 valence electrons. The molecule has 9 heteroatoms. The lowest BCUT2D eigenvalue weighted by atomic mass is 10.0. The summed E-state index contributed by atoms with van der Waals surface area (Å²) in [5, 5.41) is 0. The van der Waals surface area contributed by atoms with E-state index in [1.54, 1.807) is 11.1 Å². The first kappa shape index (κ1) is 21.0. The molecule has 31 heavy (non-hydrogen) atoms. The highest BCUT2D eigenvalue weighted by atomic mass is 19.2. The number of halogens is 4. The van der Waals surface area contributed by atoms with Gasteiger partial charge in [0.2, 0.25) is 5.91 Å². The average molecular weight is 432 g/mol. The second kappa shape index (κ2) is 8.50. The number of amides is 1. The molecule has 0 unspecified atom stereocenters. The van der Waals surface area contributed by atoms with Crippen molar-refractivity contribution in [2.45, 2.75) is 32.0 Å². The number of carbonyl (C=O) groups excluding carboxylic acids is 1. The van der Waals surface area contributed by atoms with Crippen molar-refractivity contribution < 1.29 is 22.4 Å². The molecule has 1 atom stereocenters. The number of carbonyl (C=O) groups is 1. The van der Waals surface area contributed by atoms with Gasteiger partial charge < -0.3 is 15.2 Å². The van der Waals surface area contributed by atoms with Crippen molar-refractivity contribution in [3.05, 3.63) is 77.3 Å². The fourth-order valence-corrected chi connectivity index (χ4v) is 3.65. The molecule has 0 radical (unpaired) electrons. The SMILES string of the molecule is N[C@@H](CC(=O)N1CCn2cc(-c3ccc(F)c(F)c3)nc2C1)Cc1ccc(F)c(F)c1. The second-order valence-electron chi connectivity index (χ2n) is 7.60. The van der Waals surface area contributed by atoms with Gasteiger partial charge in [0.25, 0.3) is 0 Å². The first-order chi connectivity index (χ1) is 14.8. The number of hydrogen-bond acceptors (Lipinski definition) is 3. The number of rotatable bonds is 5. The van der Waals surface area contributed by atoms with E-state index in [0.29, 0.717) is 35.7 Å². The van der Waals surface area contributed by atoms with Gasteiger partial charge in [-0.2, -0.15) is 0 Å². The van der Waals surface area contributed by atoms with E-state index in [9.17, 15) is 22.4 Å². The minimum Gasteiger partial charge on any atom is -0.333 e. The highest BCUT2D eigenvalue weighted by Crippen LogP contribution is 2.24. The molecule has 2 N–H and O–H groups in total. The Morgan fingerprint density at radius 2 is 1.71 bits per heavy atom. The molecular weight excluding hydrogens is 412 g/mol. The monoisotopic (exact) mass is 432 g/mol. The number of aromatic nitrogens is 2. The van der Waals surface area contributed by atoms with Gasteiger partial charge in [0.1, 0.15) is 5.82 Å². The number of fused-ring (bicyclic) bond motifs is 1. The highest BCUT2D eigenvalue weighted by Gasteiger charge is 2.24. The highest BCUT2D eigenvalue weighted by molar-refractivity contribution is 5.77. The summed E-state index contributed by atoms with van der Waals surface area (Å²) in [7, 11) is 0. The van der Waals surface area contributed by atoms with Crippen molar-refractivity contribution in [2.75, 3.05) is 6.54 Å². The Kier molecular flexibility index (Phi) is 5.77. The predicted molar refractivity (Wildman–Crippen MR) is 106 cm³/mol. The number of benzene rings is 2. The van der Waals surface area contributed by atoms with Gasteiger partial charge in [-0.25, -0.2) is 22.5 Å². The maximum atomic E-state index is 13.5. The van der Waals surface area contributed by atoms with Gasteiger partial charge in [-0.15, -0.1) is 0 Å². The Morgan fingerprint density at radius 1 is 1.00 bits per heavy atom. The average Bonchev–Trinajstić information content (AvgIpc) is 3.16. The molecule has 1 aromatic heterocycles. The maximum Gasteiger partial charge on any atom is 0.224 e. The van der Waals surface area contributed by atoms with Gasteiger partial charge in [0, 0.05) is 37.3 Å². The van der Waals surface area contributed by atoms with Crippen molar-refractivity contribution in [1.29, 1.82) is 0 Å². The van der Waals surface area contributed by atoms with Crippen LogP contribution in [0, 0.1) is 23.3 Å². The molecule has 1 aliphatic rings. The van der Waals surface area contributed by atoms with Crippen molar-refractivity contribution in [3.63, 3.8) is 0 Å². The third-order valence-corrected chi connectivity index (χ3v) is 5.29.